The zero-order valence-electron chi connectivity index (χ0n) is 23.4. The maximum Gasteiger partial charge on any atom is 0.285 e. The first-order valence-corrected chi connectivity index (χ1v) is 15.0. The average Bonchev–Trinajstić information content (AvgIpc) is 3.37. The number of sulfonamides is 1. The molecule has 0 aliphatic carbocycles. The molecule has 0 saturated carbocycles. The highest BCUT2D eigenvalue weighted by atomic mass is 35.5. The fourth-order valence-electron chi connectivity index (χ4n) is 4.63. The molecular weight excluding hydrogens is 580 g/mol. The molecule has 0 spiro atoms. The van der Waals surface area contributed by atoms with Crippen molar-refractivity contribution in [3.05, 3.63) is 87.3 Å². The van der Waals surface area contributed by atoms with Crippen LogP contribution in [0.25, 0.3) is 33.5 Å². The number of pyridine rings is 2. The second kappa shape index (κ2) is 11.0. The van der Waals surface area contributed by atoms with Gasteiger partial charge < -0.3 is 5.32 Å². The number of anilines is 1. The van der Waals surface area contributed by atoms with Crippen molar-refractivity contribution in [3.63, 3.8) is 0 Å². The SMILES string of the molecule is Cc1cc([C@@H](C)Nc2ccc(Cl)nc2C(=O)NS(C)(=O)=O)c2nc(-c3ccc(-c4cnn(C)c4)cn3)n(C)c(=O)c2c1. The molecule has 0 aliphatic heterocycles. The van der Waals surface area contributed by atoms with Crippen LogP contribution in [0.3, 0.4) is 0 Å². The molecule has 5 aromatic rings. The third-order valence-electron chi connectivity index (χ3n) is 6.58. The minimum Gasteiger partial charge on any atom is -0.377 e. The Kier molecular flexibility index (Phi) is 7.56. The predicted molar refractivity (Wildman–Crippen MR) is 161 cm³/mol. The maximum absolute atomic E-state index is 13.5. The molecule has 4 aromatic heterocycles. The lowest BCUT2D eigenvalue weighted by molar-refractivity contribution is 0.0977. The van der Waals surface area contributed by atoms with Crippen molar-refractivity contribution in [1.29, 1.82) is 0 Å². The highest BCUT2D eigenvalue weighted by Crippen LogP contribution is 2.29. The Bertz CT molecular complexity index is 2020. The van der Waals surface area contributed by atoms with Gasteiger partial charge in [0.25, 0.3) is 11.5 Å². The summed E-state index contributed by atoms with van der Waals surface area (Å²) in [6, 6.07) is 9.90. The molecule has 0 fully saturated rings. The van der Waals surface area contributed by atoms with E-state index in [0.29, 0.717) is 28.0 Å². The molecule has 0 bridgehead atoms. The summed E-state index contributed by atoms with van der Waals surface area (Å²) in [5, 5.41) is 7.85. The van der Waals surface area contributed by atoms with E-state index in [9.17, 15) is 18.0 Å². The van der Waals surface area contributed by atoms with Crippen LogP contribution in [0.5, 0.6) is 0 Å². The summed E-state index contributed by atoms with van der Waals surface area (Å²) in [6.07, 6.45) is 6.21. The predicted octanol–water partition coefficient (Wildman–Crippen LogP) is 3.62. The smallest absolute Gasteiger partial charge is 0.285 e. The second-order valence-corrected chi connectivity index (χ2v) is 12.1. The van der Waals surface area contributed by atoms with Crippen LogP contribution in [0.2, 0.25) is 5.15 Å². The number of rotatable bonds is 7. The van der Waals surface area contributed by atoms with E-state index in [4.69, 9.17) is 16.6 Å². The Morgan fingerprint density at radius 2 is 1.81 bits per heavy atom. The second-order valence-electron chi connectivity index (χ2n) is 9.98. The largest absolute Gasteiger partial charge is 0.377 e. The van der Waals surface area contributed by atoms with Gasteiger partial charge in [-0.05, 0) is 43.7 Å². The first kappa shape index (κ1) is 28.9. The molecule has 1 atom stereocenters. The Balaban J connectivity index is 1.57. The maximum atomic E-state index is 13.5. The van der Waals surface area contributed by atoms with Crippen LogP contribution in [0.15, 0.2) is 59.8 Å². The van der Waals surface area contributed by atoms with Crippen molar-refractivity contribution in [3.8, 4) is 22.6 Å². The van der Waals surface area contributed by atoms with Gasteiger partial charge in [0.15, 0.2) is 11.5 Å². The number of aryl methyl sites for hydroxylation is 2. The van der Waals surface area contributed by atoms with Gasteiger partial charge in [0, 0.05) is 43.2 Å². The van der Waals surface area contributed by atoms with Crippen LogP contribution < -0.4 is 15.6 Å². The lowest BCUT2D eigenvalue weighted by atomic mass is 10.0. The number of aromatic nitrogens is 6. The Morgan fingerprint density at radius 3 is 2.45 bits per heavy atom. The number of hydrogen-bond donors (Lipinski definition) is 2. The number of fused-ring (bicyclic) bond motifs is 1. The van der Waals surface area contributed by atoms with Crippen molar-refractivity contribution in [1.82, 2.24) is 34.0 Å². The molecule has 0 unspecified atom stereocenters. The average molecular weight is 607 g/mol. The van der Waals surface area contributed by atoms with Gasteiger partial charge in [-0.25, -0.2) is 23.1 Å². The van der Waals surface area contributed by atoms with E-state index in [-0.39, 0.29) is 22.1 Å². The van der Waals surface area contributed by atoms with E-state index in [1.54, 1.807) is 36.3 Å². The quantitative estimate of drug-likeness (QED) is 0.264. The van der Waals surface area contributed by atoms with Crippen LogP contribution >= 0.6 is 11.6 Å². The first-order valence-electron chi connectivity index (χ1n) is 12.7. The number of carbonyl (C=O) groups excluding carboxylic acids is 1. The van der Waals surface area contributed by atoms with Gasteiger partial charge in [-0.3, -0.25) is 23.8 Å². The molecule has 42 heavy (non-hydrogen) atoms. The molecule has 4 heterocycles. The lowest BCUT2D eigenvalue weighted by Gasteiger charge is -2.20. The van der Waals surface area contributed by atoms with E-state index in [2.05, 4.69) is 20.4 Å². The van der Waals surface area contributed by atoms with Crippen LogP contribution in [-0.2, 0) is 24.1 Å². The van der Waals surface area contributed by atoms with Gasteiger partial charge in [-0.15, -0.1) is 0 Å². The molecule has 1 amide bonds. The normalized spacial score (nSPS) is 12.3. The fourth-order valence-corrected chi connectivity index (χ4v) is 5.21. The summed E-state index contributed by atoms with van der Waals surface area (Å²) in [6.45, 7) is 3.71. The number of benzene rings is 1. The zero-order valence-corrected chi connectivity index (χ0v) is 24.9. The molecule has 0 saturated heterocycles. The summed E-state index contributed by atoms with van der Waals surface area (Å²) >= 11 is 6.01. The van der Waals surface area contributed by atoms with E-state index in [1.165, 1.54) is 16.7 Å². The molecule has 216 valence electrons. The van der Waals surface area contributed by atoms with Gasteiger partial charge >= 0.3 is 0 Å². The third kappa shape index (κ3) is 5.87. The van der Waals surface area contributed by atoms with Gasteiger partial charge in [-0.2, -0.15) is 5.10 Å². The Hall–Kier alpha value is -4.62. The van der Waals surface area contributed by atoms with Crippen molar-refractivity contribution < 1.29 is 13.2 Å². The Morgan fingerprint density at radius 1 is 1.05 bits per heavy atom. The molecular formula is C28H27ClN8O4S. The number of hydrogen-bond acceptors (Lipinski definition) is 9. The van der Waals surface area contributed by atoms with Crippen molar-refractivity contribution in [2.75, 3.05) is 11.6 Å². The highest BCUT2D eigenvalue weighted by molar-refractivity contribution is 7.89. The van der Waals surface area contributed by atoms with Crippen LogP contribution in [0.4, 0.5) is 5.69 Å². The molecule has 2 N–H and O–H groups in total. The molecule has 0 radical (unpaired) electrons. The van der Waals surface area contributed by atoms with E-state index < -0.39 is 22.0 Å². The molecule has 5 rings (SSSR count). The number of carbonyl (C=O) groups is 1. The summed E-state index contributed by atoms with van der Waals surface area (Å²) < 4.78 is 28.4. The standard InChI is InChI=1S/C28H27ClN8O4S/c1-15-10-19(16(2)32-21-8-9-23(29)33-25(21)27(38)35-42(5,40)41)24-20(11-15)28(39)37(4)26(34-24)22-7-6-17(12-30-22)18-13-31-36(3)14-18/h6-14,16,32H,1-5H3,(H,35,38)/t16-/m1/s1. The third-order valence-corrected chi connectivity index (χ3v) is 7.34. The van der Waals surface area contributed by atoms with Gasteiger partial charge in [0.2, 0.25) is 10.0 Å². The van der Waals surface area contributed by atoms with Crippen molar-refractivity contribution in [2.24, 2.45) is 14.1 Å². The van der Waals surface area contributed by atoms with E-state index in [0.717, 1.165) is 22.9 Å². The van der Waals surface area contributed by atoms with Crippen LogP contribution in [-0.4, -0.2) is 49.9 Å². The summed E-state index contributed by atoms with van der Waals surface area (Å²) in [4.78, 5) is 39.7. The van der Waals surface area contributed by atoms with E-state index in [1.807, 2.05) is 43.9 Å². The number of nitrogens with one attached hydrogen (secondary N) is 2. The van der Waals surface area contributed by atoms with Crippen LogP contribution in [0, 0.1) is 6.92 Å². The van der Waals surface area contributed by atoms with Gasteiger partial charge in [-0.1, -0.05) is 23.7 Å². The minimum absolute atomic E-state index is 0.0183. The molecule has 12 nitrogen and oxygen atoms in total. The van der Waals surface area contributed by atoms with Gasteiger partial charge in [0.05, 0.1) is 35.1 Å². The minimum atomic E-state index is -3.84. The summed E-state index contributed by atoms with van der Waals surface area (Å²) in [5.74, 6) is -0.553. The Labute approximate surface area is 246 Å². The lowest BCUT2D eigenvalue weighted by Crippen LogP contribution is -2.31. The molecule has 0 aliphatic rings. The number of amides is 1. The highest BCUT2D eigenvalue weighted by Gasteiger charge is 2.22. The monoisotopic (exact) mass is 606 g/mol. The van der Waals surface area contributed by atoms with Gasteiger partial charge in [0.1, 0.15) is 10.8 Å². The number of nitrogens with zero attached hydrogens (tertiary/aromatic N) is 6. The fraction of sp³-hybridized carbons (Fsp3) is 0.214. The summed E-state index contributed by atoms with van der Waals surface area (Å²) in [7, 11) is -0.355. The first-order chi connectivity index (χ1) is 19.8. The van der Waals surface area contributed by atoms with E-state index >= 15 is 0 Å². The van der Waals surface area contributed by atoms with Crippen molar-refractivity contribution >= 4 is 44.1 Å². The topological polar surface area (TPSA) is 154 Å². The molecule has 1 aromatic carbocycles. The number of halogens is 1. The van der Waals surface area contributed by atoms with Crippen molar-refractivity contribution in [2.45, 2.75) is 19.9 Å². The summed E-state index contributed by atoms with van der Waals surface area (Å²) in [5.41, 5.74) is 4.08. The zero-order chi connectivity index (χ0) is 30.3. The molecule has 14 heteroatoms. The van der Waals surface area contributed by atoms with Crippen LogP contribution in [0.1, 0.15) is 34.6 Å².